The van der Waals surface area contributed by atoms with E-state index in [4.69, 9.17) is 11.6 Å². The predicted octanol–water partition coefficient (Wildman–Crippen LogP) is 1.94. The largest absolute Gasteiger partial charge is 0.301 e. The zero-order chi connectivity index (χ0) is 17.3. The number of nitrogens with zero attached hydrogens (tertiary/aromatic N) is 5. The predicted molar refractivity (Wildman–Crippen MR) is 92.8 cm³/mol. The van der Waals surface area contributed by atoms with Gasteiger partial charge >= 0.3 is 0 Å². The molecule has 0 saturated carbocycles. The maximum atomic E-state index is 12.1. The summed E-state index contributed by atoms with van der Waals surface area (Å²) in [7, 11) is 0. The molecule has 1 amide bonds. The van der Waals surface area contributed by atoms with E-state index in [-0.39, 0.29) is 27.7 Å². The molecule has 0 bridgehead atoms. The standard InChI is InChI=1S/C12H12ClN7O2S2/c1-5(2)20-8-6(3-14-20)9(22)17-11(16-8)23-4-7(21)15-12-19-18-10(13)24-12/h3,5H,4H2,1-2H3,(H,15,19,21)(H,16,17,22). The number of rotatable bonds is 5. The Morgan fingerprint density at radius 1 is 1.50 bits per heavy atom. The highest BCUT2D eigenvalue weighted by molar-refractivity contribution is 7.99. The molecule has 0 atom stereocenters. The molecule has 0 aromatic carbocycles. The van der Waals surface area contributed by atoms with Crippen LogP contribution in [0.2, 0.25) is 4.47 Å². The number of anilines is 1. The van der Waals surface area contributed by atoms with Crippen molar-refractivity contribution in [3.63, 3.8) is 0 Å². The summed E-state index contributed by atoms with van der Waals surface area (Å²) in [6.07, 6.45) is 1.49. The minimum Gasteiger partial charge on any atom is -0.301 e. The number of nitrogens with one attached hydrogen (secondary N) is 2. The van der Waals surface area contributed by atoms with Crippen molar-refractivity contribution in [2.45, 2.75) is 25.0 Å². The fourth-order valence-electron chi connectivity index (χ4n) is 1.91. The summed E-state index contributed by atoms with van der Waals surface area (Å²) in [5.41, 5.74) is 0.207. The van der Waals surface area contributed by atoms with Crippen molar-refractivity contribution in [3.8, 4) is 0 Å². The highest BCUT2D eigenvalue weighted by atomic mass is 35.5. The van der Waals surface area contributed by atoms with E-state index in [1.807, 2.05) is 13.8 Å². The maximum Gasteiger partial charge on any atom is 0.262 e. The average Bonchev–Trinajstić information content (AvgIpc) is 3.11. The minimum absolute atomic E-state index is 0.0570. The molecule has 12 heteroatoms. The fraction of sp³-hybridized carbons (Fsp3) is 0.333. The lowest BCUT2D eigenvalue weighted by atomic mass is 10.4. The molecule has 0 fully saturated rings. The summed E-state index contributed by atoms with van der Waals surface area (Å²) < 4.78 is 1.91. The second-order valence-corrected chi connectivity index (χ2v) is 7.51. The van der Waals surface area contributed by atoms with Gasteiger partial charge in [-0.2, -0.15) is 5.10 Å². The summed E-state index contributed by atoms with van der Waals surface area (Å²) >= 11 is 7.83. The number of aromatic nitrogens is 6. The van der Waals surface area contributed by atoms with Crippen molar-refractivity contribution in [3.05, 3.63) is 21.0 Å². The molecular weight excluding hydrogens is 374 g/mol. The van der Waals surface area contributed by atoms with Crippen LogP contribution >= 0.6 is 34.7 Å². The van der Waals surface area contributed by atoms with Crippen LogP contribution in [0.25, 0.3) is 11.0 Å². The van der Waals surface area contributed by atoms with E-state index in [0.29, 0.717) is 21.3 Å². The number of halogens is 1. The van der Waals surface area contributed by atoms with Gasteiger partial charge < -0.3 is 4.98 Å². The third-order valence-corrected chi connectivity index (χ3v) is 4.73. The monoisotopic (exact) mass is 385 g/mol. The van der Waals surface area contributed by atoms with E-state index in [1.54, 1.807) is 4.68 Å². The highest BCUT2D eigenvalue weighted by Gasteiger charge is 2.14. The van der Waals surface area contributed by atoms with Gasteiger partial charge in [0, 0.05) is 6.04 Å². The minimum atomic E-state index is -0.298. The Bertz CT molecular complexity index is 948. The molecule has 0 radical (unpaired) electrons. The van der Waals surface area contributed by atoms with Crippen LogP contribution in [0, 0.1) is 0 Å². The summed E-state index contributed by atoms with van der Waals surface area (Å²) in [4.78, 5) is 31.0. The van der Waals surface area contributed by atoms with Gasteiger partial charge in [-0.3, -0.25) is 14.9 Å². The summed E-state index contributed by atoms with van der Waals surface area (Å²) in [6, 6.07) is 0.0695. The van der Waals surface area contributed by atoms with Crippen LogP contribution < -0.4 is 10.9 Å². The van der Waals surface area contributed by atoms with E-state index < -0.39 is 0 Å². The van der Waals surface area contributed by atoms with Gasteiger partial charge in [-0.1, -0.05) is 23.1 Å². The molecule has 0 saturated heterocycles. The number of hydrogen-bond donors (Lipinski definition) is 2. The number of carbonyl (C=O) groups is 1. The van der Waals surface area contributed by atoms with Crippen molar-refractivity contribution in [2.75, 3.05) is 11.1 Å². The van der Waals surface area contributed by atoms with Crippen LogP contribution in [-0.2, 0) is 4.79 Å². The van der Waals surface area contributed by atoms with Gasteiger partial charge in [0.15, 0.2) is 10.8 Å². The summed E-state index contributed by atoms with van der Waals surface area (Å²) in [5, 5.41) is 15.1. The zero-order valence-corrected chi connectivity index (χ0v) is 15.0. The number of carbonyl (C=O) groups excluding carboxylic acids is 1. The Hall–Kier alpha value is -1.98. The van der Waals surface area contributed by atoms with Gasteiger partial charge in [-0.15, -0.1) is 10.2 Å². The summed E-state index contributed by atoms with van der Waals surface area (Å²) in [6.45, 7) is 3.89. The molecule has 0 unspecified atom stereocenters. The van der Waals surface area contributed by atoms with E-state index in [0.717, 1.165) is 23.1 Å². The molecule has 0 aliphatic carbocycles. The molecule has 0 spiro atoms. The van der Waals surface area contributed by atoms with Crippen molar-refractivity contribution in [2.24, 2.45) is 0 Å². The fourth-order valence-corrected chi connectivity index (χ4v) is 3.31. The van der Waals surface area contributed by atoms with Crippen LogP contribution in [0.3, 0.4) is 0 Å². The molecular formula is C12H12ClN7O2S2. The second kappa shape index (κ2) is 6.87. The highest BCUT2D eigenvalue weighted by Crippen LogP contribution is 2.21. The van der Waals surface area contributed by atoms with Gasteiger partial charge in [-0.25, -0.2) is 9.67 Å². The van der Waals surface area contributed by atoms with Crippen molar-refractivity contribution in [1.82, 2.24) is 29.9 Å². The van der Waals surface area contributed by atoms with Crippen LogP contribution in [-0.4, -0.2) is 41.6 Å². The molecule has 0 aliphatic rings. The Morgan fingerprint density at radius 2 is 2.29 bits per heavy atom. The Kier molecular flexibility index (Phi) is 4.83. The number of aromatic amines is 1. The first-order valence-electron chi connectivity index (χ1n) is 6.83. The molecule has 3 aromatic rings. The van der Waals surface area contributed by atoms with Crippen molar-refractivity contribution in [1.29, 1.82) is 0 Å². The first kappa shape index (κ1) is 16.9. The first-order valence-corrected chi connectivity index (χ1v) is 9.01. The first-order chi connectivity index (χ1) is 11.4. The summed E-state index contributed by atoms with van der Waals surface area (Å²) in [5.74, 6) is -0.241. The quantitative estimate of drug-likeness (QED) is 0.508. The molecule has 2 N–H and O–H groups in total. The number of thioether (sulfide) groups is 1. The molecule has 3 aromatic heterocycles. The maximum absolute atomic E-state index is 12.1. The number of H-pyrrole nitrogens is 1. The van der Waals surface area contributed by atoms with E-state index in [1.165, 1.54) is 6.20 Å². The van der Waals surface area contributed by atoms with Crippen molar-refractivity contribution >= 4 is 56.8 Å². The average molecular weight is 386 g/mol. The van der Waals surface area contributed by atoms with E-state index in [2.05, 4.69) is 30.6 Å². The molecule has 126 valence electrons. The molecule has 3 rings (SSSR count). The van der Waals surface area contributed by atoms with Crippen LogP contribution in [0.1, 0.15) is 19.9 Å². The van der Waals surface area contributed by atoms with Crippen LogP contribution in [0.15, 0.2) is 16.1 Å². The van der Waals surface area contributed by atoms with Gasteiger partial charge in [0.05, 0.1) is 11.9 Å². The van der Waals surface area contributed by atoms with E-state index in [9.17, 15) is 9.59 Å². The Labute approximate surface area is 148 Å². The molecule has 9 nitrogen and oxygen atoms in total. The number of amides is 1. The SMILES string of the molecule is CC(C)n1ncc2c(=O)[nH]c(SCC(=O)Nc3nnc(Cl)s3)nc21. The Morgan fingerprint density at radius 3 is 2.96 bits per heavy atom. The van der Waals surface area contributed by atoms with Crippen LogP contribution in [0.5, 0.6) is 0 Å². The molecule has 3 heterocycles. The zero-order valence-electron chi connectivity index (χ0n) is 12.6. The lowest BCUT2D eigenvalue weighted by Gasteiger charge is -2.07. The van der Waals surface area contributed by atoms with Crippen LogP contribution in [0.4, 0.5) is 5.13 Å². The normalized spacial score (nSPS) is 11.3. The second-order valence-electron chi connectivity index (χ2n) is 4.99. The van der Waals surface area contributed by atoms with Gasteiger partial charge in [-0.05, 0) is 25.4 Å². The number of fused-ring (bicyclic) bond motifs is 1. The third-order valence-electron chi connectivity index (χ3n) is 2.92. The van der Waals surface area contributed by atoms with Gasteiger partial charge in [0.2, 0.25) is 15.5 Å². The Balaban J connectivity index is 1.74. The number of hydrogen-bond acceptors (Lipinski definition) is 8. The topological polar surface area (TPSA) is 118 Å². The smallest absolute Gasteiger partial charge is 0.262 e. The lowest BCUT2D eigenvalue weighted by molar-refractivity contribution is -0.113. The van der Waals surface area contributed by atoms with Gasteiger partial charge in [0.25, 0.3) is 5.56 Å². The van der Waals surface area contributed by atoms with E-state index >= 15 is 0 Å². The molecule has 0 aliphatic heterocycles. The molecule has 24 heavy (non-hydrogen) atoms. The lowest BCUT2D eigenvalue weighted by Crippen LogP contribution is -2.16. The third kappa shape index (κ3) is 3.57. The van der Waals surface area contributed by atoms with Crippen molar-refractivity contribution < 1.29 is 4.79 Å². The van der Waals surface area contributed by atoms with Gasteiger partial charge in [0.1, 0.15) is 5.39 Å².